The van der Waals surface area contributed by atoms with Crippen LogP contribution < -0.4 is 5.32 Å². The Morgan fingerprint density at radius 1 is 1.21 bits per heavy atom. The summed E-state index contributed by atoms with van der Waals surface area (Å²) in [6.07, 6.45) is -0.608. The summed E-state index contributed by atoms with van der Waals surface area (Å²) in [6, 6.07) is 10.4. The van der Waals surface area contributed by atoms with Gasteiger partial charge in [0.25, 0.3) is 5.69 Å². The third kappa shape index (κ3) is 4.45. The highest BCUT2D eigenvalue weighted by atomic mass is 16.6. The van der Waals surface area contributed by atoms with Gasteiger partial charge in [0.05, 0.1) is 4.92 Å². The molecule has 0 aliphatic carbocycles. The van der Waals surface area contributed by atoms with Gasteiger partial charge in [-0.15, -0.1) is 0 Å². The molecule has 2 rings (SSSR count). The number of aromatic hydroxyl groups is 1. The number of phenolic OH excluding ortho intramolecular Hbond substituents is 1. The molecule has 2 N–H and O–H groups in total. The van der Waals surface area contributed by atoms with Crippen molar-refractivity contribution in [3.8, 4) is 16.9 Å². The number of nitro groups is 1. The van der Waals surface area contributed by atoms with Gasteiger partial charge in [0.2, 0.25) is 0 Å². The van der Waals surface area contributed by atoms with Crippen molar-refractivity contribution in [2.24, 2.45) is 0 Å². The molecule has 1 amide bonds. The minimum atomic E-state index is -0.625. The van der Waals surface area contributed by atoms with Gasteiger partial charge >= 0.3 is 6.09 Å². The Morgan fingerprint density at radius 3 is 2.54 bits per heavy atom. The first-order chi connectivity index (χ1) is 11.2. The lowest BCUT2D eigenvalue weighted by molar-refractivity contribution is -0.384. The van der Waals surface area contributed by atoms with Crippen molar-refractivity contribution >= 4 is 17.5 Å². The van der Waals surface area contributed by atoms with Gasteiger partial charge in [-0.1, -0.05) is 12.1 Å². The molecule has 126 valence electrons. The molecule has 0 unspecified atom stereocenters. The molecule has 0 atom stereocenters. The number of nitrogens with zero attached hydrogens (tertiary/aromatic N) is 1. The largest absolute Gasteiger partial charge is 0.507 e. The lowest BCUT2D eigenvalue weighted by Gasteiger charge is -2.19. The number of ether oxygens (including phenoxy) is 1. The fourth-order valence-corrected chi connectivity index (χ4v) is 2.05. The summed E-state index contributed by atoms with van der Waals surface area (Å²) in [5.41, 5.74) is 0.530. The number of non-ortho nitro benzene ring substituents is 1. The standard InChI is InChI=1S/C17H18N2O5/c1-17(2,3)24-16(21)18-12-6-4-5-11(9-12)14-10-13(19(22)23)7-8-15(14)20/h4-10,20H,1-3H3,(H,18,21). The molecule has 0 bridgehead atoms. The Bertz CT molecular complexity index is 781. The Morgan fingerprint density at radius 2 is 1.92 bits per heavy atom. The van der Waals surface area contributed by atoms with Crippen LogP contribution in [0.3, 0.4) is 0 Å². The molecule has 0 fully saturated rings. The fourth-order valence-electron chi connectivity index (χ4n) is 2.05. The zero-order valence-corrected chi connectivity index (χ0v) is 13.6. The van der Waals surface area contributed by atoms with Gasteiger partial charge in [0, 0.05) is 23.4 Å². The van der Waals surface area contributed by atoms with Crippen molar-refractivity contribution in [3.05, 3.63) is 52.6 Å². The molecule has 0 spiro atoms. The van der Waals surface area contributed by atoms with E-state index in [1.54, 1.807) is 45.0 Å². The third-order valence-electron chi connectivity index (χ3n) is 3.01. The second kappa shape index (κ2) is 6.57. The summed E-state index contributed by atoms with van der Waals surface area (Å²) in [5, 5.41) is 23.4. The molecule has 0 aliphatic heterocycles. The lowest BCUT2D eigenvalue weighted by Crippen LogP contribution is -2.27. The Balaban J connectivity index is 2.29. The number of phenols is 1. The number of rotatable bonds is 3. The maximum atomic E-state index is 11.8. The van der Waals surface area contributed by atoms with Crippen molar-refractivity contribution in [1.29, 1.82) is 0 Å². The molecule has 7 heteroatoms. The van der Waals surface area contributed by atoms with Crippen molar-refractivity contribution < 1.29 is 19.6 Å². The van der Waals surface area contributed by atoms with E-state index in [2.05, 4.69) is 5.32 Å². The van der Waals surface area contributed by atoms with Crippen LogP contribution in [0.15, 0.2) is 42.5 Å². The van der Waals surface area contributed by atoms with Crippen LogP contribution in [0.4, 0.5) is 16.2 Å². The van der Waals surface area contributed by atoms with E-state index in [-0.39, 0.29) is 11.4 Å². The number of benzene rings is 2. The highest BCUT2D eigenvalue weighted by molar-refractivity contribution is 5.86. The van der Waals surface area contributed by atoms with Crippen molar-refractivity contribution in [3.63, 3.8) is 0 Å². The summed E-state index contributed by atoms with van der Waals surface area (Å²) in [5.74, 6) is -0.0879. The number of nitro benzene ring substituents is 1. The molecular formula is C17H18N2O5. The van der Waals surface area contributed by atoms with Crippen LogP contribution in [0.2, 0.25) is 0 Å². The molecule has 2 aromatic rings. The van der Waals surface area contributed by atoms with Crippen molar-refractivity contribution in [2.75, 3.05) is 5.32 Å². The lowest BCUT2D eigenvalue weighted by atomic mass is 10.0. The predicted molar refractivity (Wildman–Crippen MR) is 90.1 cm³/mol. The van der Waals surface area contributed by atoms with E-state index in [4.69, 9.17) is 4.74 Å². The minimum absolute atomic E-state index is 0.0879. The number of hydrogen-bond donors (Lipinski definition) is 2. The maximum Gasteiger partial charge on any atom is 0.412 e. The number of carbonyl (C=O) groups is 1. The van der Waals surface area contributed by atoms with E-state index >= 15 is 0 Å². The summed E-state index contributed by atoms with van der Waals surface area (Å²) in [4.78, 5) is 22.2. The number of nitrogens with one attached hydrogen (secondary N) is 1. The summed E-state index contributed by atoms with van der Waals surface area (Å²) < 4.78 is 5.17. The first-order valence-corrected chi connectivity index (χ1v) is 7.23. The summed E-state index contributed by atoms with van der Waals surface area (Å²) >= 11 is 0. The van der Waals surface area contributed by atoms with Crippen molar-refractivity contribution in [1.82, 2.24) is 0 Å². The quantitative estimate of drug-likeness (QED) is 0.645. The molecule has 7 nitrogen and oxygen atoms in total. The first kappa shape index (κ1) is 17.3. The van der Waals surface area contributed by atoms with Crippen LogP contribution in [0.25, 0.3) is 11.1 Å². The third-order valence-corrected chi connectivity index (χ3v) is 3.01. The minimum Gasteiger partial charge on any atom is -0.507 e. The van der Waals surface area contributed by atoms with Gasteiger partial charge in [0.15, 0.2) is 0 Å². The molecule has 0 heterocycles. The van der Waals surface area contributed by atoms with E-state index in [9.17, 15) is 20.0 Å². The number of carbonyl (C=O) groups excluding carboxylic acids is 1. The zero-order chi connectivity index (χ0) is 17.9. The Labute approximate surface area is 139 Å². The van der Waals surface area contributed by atoms with Crippen LogP contribution in [0.1, 0.15) is 20.8 Å². The van der Waals surface area contributed by atoms with E-state index in [1.165, 1.54) is 18.2 Å². The van der Waals surface area contributed by atoms with Crippen LogP contribution in [0.5, 0.6) is 5.75 Å². The monoisotopic (exact) mass is 330 g/mol. The fraction of sp³-hybridized carbons (Fsp3) is 0.235. The van der Waals surface area contributed by atoms with Gasteiger partial charge in [-0.25, -0.2) is 4.79 Å². The number of hydrogen-bond acceptors (Lipinski definition) is 5. The average molecular weight is 330 g/mol. The highest BCUT2D eigenvalue weighted by Crippen LogP contribution is 2.33. The van der Waals surface area contributed by atoms with E-state index < -0.39 is 16.6 Å². The molecule has 0 aliphatic rings. The van der Waals surface area contributed by atoms with Crippen LogP contribution in [0, 0.1) is 10.1 Å². The highest BCUT2D eigenvalue weighted by Gasteiger charge is 2.17. The second-order valence-corrected chi connectivity index (χ2v) is 6.17. The second-order valence-electron chi connectivity index (χ2n) is 6.17. The topological polar surface area (TPSA) is 102 Å². The molecule has 0 saturated carbocycles. The maximum absolute atomic E-state index is 11.8. The number of anilines is 1. The van der Waals surface area contributed by atoms with Gasteiger partial charge in [0.1, 0.15) is 11.4 Å². The molecule has 2 aromatic carbocycles. The van der Waals surface area contributed by atoms with Crippen LogP contribution in [-0.2, 0) is 4.74 Å². The van der Waals surface area contributed by atoms with Crippen molar-refractivity contribution in [2.45, 2.75) is 26.4 Å². The predicted octanol–water partition coefficient (Wildman–Crippen LogP) is 4.31. The molecule has 0 radical (unpaired) electrons. The molecule has 0 aromatic heterocycles. The molecule has 0 saturated heterocycles. The van der Waals surface area contributed by atoms with Gasteiger partial charge in [-0.2, -0.15) is 0 Å². The van der Waals surface area contributed by atoms with E-state index in [0.29, 0.717) is 16.8 Å². The summed E-state index contributed by atoms with van der Waals surface area (Å²) in [7, 11) is 0. The first-order valence-electron chi connectivity index (χ1n) is 7.23. The Hall–Kier alpha value is -3.09. The normalized spacial score (nSPS) is 11.0. The SMILES string of the molecule is CC(C)(C)OC(=O)Nc1cccc(-c2cc([N+](=O)[O-])ccc2O)c1. The van der Waals surface area contributed by atoms with Crippen LogP contribution in [-0.4, -0.2) is 21.7 Å². The van der Waals surface area contributed by atoms with Gasteiger partial charge in [-0.05, 0) is 44.5 Å². The van der Waals surface area contributed by atoms with E-state index in [0.717, 1.165) is 0 Å². The molecule has 24 heavy (non-hydrogen) atoms. The summed E-state index contributed by atoms with van der Waals surface area (Å²) in [6.45, 7) is 5.26. The smallest absolute Gasteiger partial charge is 0.412 e. The van der Waals surface area contributed by atoms with E-state index in [1.807, 2.05) is 0 Å². The van der Waals surface area contributed by atoms with Gasteiger partial charge < -0.3 is 9.84 Å². The Kier molecular flexibility index (Phi) is 4.73. The molecular weight excluding hydrogens is 312 g/mol. The average Bonchev–Trinajstić information content (AvgIpc) is 2.45. The number of amides is 1. The van der Waals surface area contributed by atoms with Gasteiger partial charge in [-0.3, -0.25) is 15.4 Å². The van der Waals surface area contributed by atoms with Crippen LogP contribution >= 0.6 is 0 Å². The zero-order valence-electron chi connectivity index (χ0n) is 13.6.